The van der Waals surface area contributed by atoms with Crippen molar-refractivity contribution < 1.29 is 67.8 Å². The molecule has 1 aliphatic heterocycles. The third kappa shape index (κ3) is 7.99. The topological polar surface area (TPSA) is 221 Å². The van der Waals surface area contributed by atoms with E-state index >= 15 is 4.79 Å². The molecule has 0 aromatic heterocycles. The molecular weight excluding hydrogens is 926 g/mol. The number of halogens is 2. The summed E-state index contributed by atoms with van der Waals surface area (Å²) in [5, 5.41) is 40.1. The van der Waals surface area contributed by atoms with Gasteiger partial charge in [0.05, 0.1) is 35.6 Å². The molecule has 0 spiro atoms. The van der Waals surface area contributed by atoms with E-state index < -0.39 is 117 Å². The fourth-order valence-corrected chi connectivity index (χ4v) is 10.2. The Morgan fingerprint density at radius 2 is 1.52 bits per heavy atom. The zero-order valence-electron chi connectivity index (χ0n) is 34.8. The number of amides is 1. The smallest absolute Gasteiger partial charge is 0.338 e. The summed E-state index contributed by atoms with van der Waals surface area (Å²) in [5.74, 6) is -6.80. The number of aliphatic hydroxyl groups is 3. The number of hydrogen-bond acceptors (Lipinski definition) is 14. The van der Waals surface area contributed by atoms with Crippen molar-refractivity contribution in [1.82, 2.24) is 5.32 Å². The number of aliphatic hydroxyl groups excluding tert-OH is 2. The first-order valence-corrected chi connectivity index (χ1v) is 21.8. The van der Waals surface area contributed by atoms with Crippen LogP contribution < -0.4 is 5.32 Å². The first kappa shape index (κ1) is 46.5. The van der Waals surface area contributed by atoms with Crippen molar-refractivity contribution in [3.63, 3.8) is 0 Å². The molecule has 3 aliphatic carbocycles. The molecule has 3 fully saturated rings. The Morgan fingerprint density at radius 3 is 2.07 bits per heavy atom. The third-order valence-corrected chi connectivity index (χ3v) is 15.6. The van der Waals surface area contributed by atoms with Crippen molar-refractivity contribution in [3.05, 3.63) is 82.9 Å². The van der Waals surface area contributed by atoms with E-state index in [9.17, 15) is 39.3 Å². The Hall–Kier alpha value is -4.00. The van der Waals surface area contributed by atoms with Crippen molar-refractivity contribution in [2.75, 3.05) is 6.61 Å². The van der Waals surface area contributed by atoms with Gasteiger partial charge in [-0.05, 0) is 42.7 Å². The molecule has 2 bridgehead atoms. The van der Waals surface area contributed by atoms with E-state index in [-0.39, 0.29) is 34.6 Å². The van der Waals surface area contributed by atoms with Gasteiger partial charge in [0, 0.05) is 36.9 Å². The minimum Gasteiger partial charge on any atom is -0.456 e. The number of fused-ring (bicyclic) bond motifs is 5. The van der Waals surface area contributed by atoms with Crippen LogP contribution in [0.5, 0.6) is 0 Å². The number of ketones is 1. The second kappa shape index (κ2) is 17.3. The van der Waals surface area contributed by atoms with Crippen LogP contribution in [0.2, 0.25) is 0 Å². The van der Waals surface area contributed by atoms with Crippen LogP contribution in [0.15, 0.2) is 71.8 Å². The van der Waals surface area contributed by atoms with E-state index in [2.05, 4.69) is 37.2 Å². The highest BCUT2D eigenvalue weighted by atomic mass is 79.9. The summed E-state index contributed by atoms with van der Waals surface area (Å²) in [5.41, 5.74) is -7.27. The standard InChI is InChI=1S/C44H51Br2NO14/c1-21-27(59-40(55)33(51)32(25-14-10-8-11-15-25)47-38(53)31(46)22(2)45)19-44(56)37(60-39(54)26-16-12-9-13-17-26)35-42(7,28(50)18-29-43(35,20-57-29)61-24(4)49)36(52)34(58-23(3)48)30(21)41(44,5)6/h8-17,22,27-29,31-35,37,50-51,56H,18-20H2,1-7H3,(H,47,53)/t22-,27-,28-,29+,31-,32-,33+,34+,35?,37?,42+,43-,44+/m0/s1. The van der Waals surface area contributed by atoms with Gasteiger partial charge in [0.15, 0.2) is 23.6 Å². The number of ether oxygens (including phenoxy) is 5. The summed E-state index contributed by atoms with van der Waals surface area (Å²) in [7, 11) is 0. The summed E-state index contributed by atoms with van der Waals surface area (Å²) in [6.07, 6.45) is -10.5. The normalized spacial score (nSPS) is 33.3. The van der Waals surface area contributed by atoms with Gasteiger partial charge in [-0.25, -0.2) is 9.59 Å². The van der Waals surface area contributed by atoms with Crippen LogP contribution in [0.25, 0.3) is 0 Å². The summed E-state index contributed by atoms with van der Waals surface area (Å²) in [6.45, 7) is 9.70. The number of esters is 4. The minimum atomic E-state index is -2.39. The van der Waals surface area contributed by atoms with Crippen molar-refractivity contribution in [1.29, 1.82) is 0 Å². The summed E-state index contributed by atoms with van der Waals surface area (Å²) in [6, 6.07) is 14.8. The molecule has 61 heavy (non-hydrogen) atoms. The minimum absolute atomic E-state index is 0.00348. The molecule has 4 aliphatic rings. The van der Waals surface area contributed by atoms with Crippen LogP contribution in [0, 0.1) is 16.7 Å². The predicted octanol–water partition coefficient (Wildman–Crippen LogP) is 3.97. The molecule has 6 rings (SSSR count). The monoisotopic (exact) mass is 975 g/mol. The summed E-state index contributed by atoms with van der Waals surface area (Å²) in [4.78, 5) is 82.1. The zero-order valence-corrected chi connectivity index (χ0v) is 37.9. The van der Waals surface area contributed by atoms with Crippen LogP contribution in [0.4, 0.5) is 0 Å². The number of carbonyl (C=O) groups is 6. The number of carbonyl (C=O) groups excluding carboxylic acids is 6. The van der Waals surface area contributed by atoms with E-state index in [1.165, 1.54) is 26.0 Å². The first-order chi connectivity index (χ1) is 28.5. The van der Waals surface area contributed by atoms with Gasteiger partial charge in [-0.3, -0.25) is 19.2 Å². The number of Topliss-reactive ketones (excluding diaryl/α,β-unsaturated/α-hetero) is 1. The molecule has 2 aromatic carbocycles. The molecule has 13 atom stereocenters. The van der Waals surface area contributed by atoms with Crippen molar-refractivity contribution in [3.8, 4) is 0 Å². The molecule has 0 radical (unpaired) electrons. The maximum Gasteiger partial charge on any atom is 0.338 e. The molecule has 2 saturated carbocycles. The van der Waals surface area contributed by atoms with E-state index in [1.807, 2.05) is 0 Å². The molecule has 330 valence electrons. The average molecular weight is 978 g/mol. The van der Waals surface area contributed by atoms with E-state index in [4.69, 9.17) is 23.7 Å². The Kier molecular flexibility index (Phi) is 13.2. The largest absolute Gasteiger partial charge is 0.456 e. The predicted molar refractivity (Wildman–Crippen MR) is 223 cm³/mol. The highest BCUT2D eigenvalue weighted by Gasteiger charge is 2.78. The molecule has 15 nitrogen and oxygen atoms in total. The van der Waals surface area contributed by atoms with Crippen molar-refractivity contribution in [2.45, 2.75) is 125 Å². The SMILES string of the molecule is CC(=O)O[C@H]1C(=O)[C@@]2(C)C(C(OC(=O)c3ccccc3)[C@]3(O)C[C@H](OC(=O)[C@H](O)[C@@H](NC(=O)[C@@H](Br)[C@H](C)Br)c4ccccc4)C(C)=C1C3(C)C)[C@]1(OC(C)=O)CO[C@@H]1C[C@@H]2O. The van der Waals surface area contributed by atoms with Gasteiger partial charge in [-0.15, -0.1) is 0 Å². The van der Waals surface area contributed by atoms with E-state index in [0.29, 0.717) is 5.56 Å². The van der Waals surface area contributed by atoms with Crippen LogP contribution in [-0.4, -0.2) is 115 Å². The maximum atomic E-state index is 15.5. The molecule has 4 N–H and O–H groups in total. The van der Waals surface area contributed by atoms with E-state index in [0.717, 1.165) is 13.8 Å². The summed E-state index contributed by atoms with van der Waals surface area (Å²) >= 11 is 6.69. The molecule has 2 unspecified atom stereocenters. The molecule has 1 saturated heterocycles. The van der Waals surface area contributed by atoms with Crippen molar-refractivity contribution in [2.24, 2.45) is 16.7 Å². The zero-order chi connectivity index (χ0) is 45.0. The van der Waals surface area contributed by atoms with Gasteiger partial charge in [0.2, 0.25) is 5.91 Å². The highest BCUT2D eigenvalue weighted by molar-refractivity contribution is 9.12. The molecule has 1 amide bonds. The molecular formula is C44H51Br2NO14. The van der Waals surface area contributed by atoms with Gasteiger partial charge in [-0.1, -0.05) is 101 Å². The Labute approximate surface area is 370 Å². The van der Waals surface area contributed by atoms with E-state index in [1.54, 1.807) is 69.3 Å². The molecule has 1 heterocycles. The lowest BCUT2D eigenvalue weighted by Crippen LogP contribution is -2.82. The third-order valence-electron chi connectivity index (χ3n) is 13.1. The van der Waals surface area contributed by atoms with Gasteiger partial charge in [0.25, 0.3) is 0 Å². The first-order valence-electron chi connectivity index (χ1n) is 19.9. The average Bonchev–Trinajstić information content (AvgIpc) is 3.20. The number of rotatable bonds is 11. The van der Waals surface area contributed by atoms with Gasteiger partial charge >= 0.3 is 23.9 Å². The van der Waals surface area contributed by atoms with Gasteiger partial charge in [0.1, 0.15) is 28.7 Å². The lowest BCUT2D eigenvalue weighted by atomic mass is 9.44. The summed E-state index contributed by atoms with van der Waals surface area (Å²) < 4.78 is 30.2. The van der Waals surface area contributed by atoms with Crippen LogP contribution >= 0.6 is 31.9 Å². The Bertz CT molecular complexity index is 2100. The van der Waals surface area contributed by atoms with Gasteiger partial charge < -0.3 is 44.3 Å². The lowest BCUT2D eigenvalue weighted by Gasteiger charge is -2.67. The maximum absolute atomic E-state index is 15.5. The Balaban J connectivity index is 1.54. The van der Waals surface area contributed by atoms with Crippen molar-refractivity contribution >= 4 is 67.4 Å². The fraction of sp³-hybridized carbons (Fsp3) is 0.545. The number of hydrogen-bond donors (Lipinski definition) is 4. The highest BCUT2D eigenvalue weighted by Crippen LogP contribution is 2.64. The molecule has 2 aromatic rings. The van der Waals surface area contributed by atoms with Crippen LogP contribution in [0.1, 0.15) is 83.3 Å². The van der Waals surface area contributed by atoms with Crippen LogP contribution in [0.3, 0.4) is 0 Å². The number of alkyl halides is 2. The second-order valence-electron chi connectivity index (χ2n) is 17.1. The Morgan fingerprint density at radius 1 is 0.918 bits per heavy atom. The lowest BCUT2D eigenvalue weighted by molar-refractivity contribution is -0.346. The van der Waals surface area contributed by atoms with Crippen LogP contribution in [-0.2, 0) is 47.7 Å². The second-order valence-corrected chi connectivity index (χ2v) is 19.5. The van der Waals surface area contributed by atoms with Gasteiger partial charge in [-0.2, -0.15) is 0 Å². The fourth-order valence-electron chi connectivity index (χ4n) is 9.81. The number of nitrogens with one attached hydrogen (secondary N) is 1. The number of benzene rings is 2. The molecule has 17 heteroatoms. The quantitative estimate of drug-likeness (QED) is 0.108.